The Morgan fingerprint density at radius 3 is 2.47 bits per heavy atom. The highest BCUT2D eigenvalue weighted by Crippen LogP contribution is 2.36. The van der Waals surface area contributed by atoms with E-state index in [1.807, 2.05) is 39.0 Å². The first-order chi connectivity index (χ1) is 7.99. The standard InChI is InChI=1S/C14H16FNS/c1-8-4-5-11(12(15)6-8)14-9(2)7-13(17-14)10(3)16/h4-7,10H,16H2,1-3H3. The number of rotatable bonds is 2. The summed E-state index contributed by atoms with van der Waals surface area (Å²) in [7, 11) is 0. The maximum atomic E-state index is 13.9. The molecule has 1 atom stereocenters. The van der Waals surface area contributed by atoms with E-state index in [0.717, 1.165) is 20.9 Å². The zero-order valence-electron chi connectivity index (χ0n) is 10.3. The summed E-state index contributed by atoms with van der Waals surface area (Å²) in [4.78, 5) is 2.08. The molecular formula is C14H16FNS. The highest BCUT2D eigenvalue weighted by molar-refractivity contribution is 7.15. The second kappa shape index (κ2) is 4.59. The van der Waals surface area contributed by atoms with Gasteiger partial charge in [0.1, 0.15) is 5.82 Å². The molecule has 0 radical (unpaired) electrons. The Morgan fingerprint density at radius 2 is 1.94 bits per heavy atom. The molecule has 2 aromatic rings. The van der Waals surface area contributed by atoms with Crippen LogP contribution in [0.2, 0.25) is 0 Å². The summed E-state index contributed by atoms with van der Waals surface area (Å²) in [6, 6.07) is 7.39. The second-order valence-electron chi connectivity index (χ2n) is 4.43. The van der Waals surface area contributed by atoms with Crippen molar-refractivity contribution in [3.63, 3.8) is 0 Å². The van der Waals surface area contributed by atoms with Crippen LogP contribution in [-0.4, -0.2) is 0 Å². The molecule has 1 nitrogen and oxygen atoms in total. The van der Waals surface area contributed by atoms with Crippen molar-refractivity contribution in [2.75, 3.05) is 0 Å². The molecule has 0 fully saturated rings. The third kappa shape index (κ3) is 2.40. The van der Waals surface area contributed by atoms with Crippen LogP contribution in [0.1, 0.15) is 29.0 Å². The minimum Gasteiger partial charge on any atom is -0.324 e. The molecule has 1 heterocycles. The lowest BCUT2D eigenvalue weighted by Crippen LogP contribution is -2.01. The third-order valence-corrected chi connectivity index (χ3v) is 4.23. The average molecular weight is 249 g/mol. The molecule has 3 heteroatoms. The molecule has 90 valence electrons. The molecule has 17 heavy (non-hydrogen) atoms. The lowest BCUT2D eigenvalue weighted by Gasteiger charge is -2.03. The van der Waals surface area contributed by atoms with Crippen LogP contribution in [0.4, 0.5) is 4.39 Å². The van der Waals surface area contributed by atoms with Gasteiger partial charge < -0.3 is 5.73 Å². The van der Waals surface area contributed by atoms with Crippen molar-refractivity contribution >= 4 is 11.3 Å². The number of hydrogen-bond acceptors (Lipinski definition) is 2. The number of hydrogen-bond donors (Lipinski definition) is 1. The maximum absolute atomic E-state index is 13.9. The summed E-state index contributed by atoms with van der Waals surface area (Å²) in [6.07, 6.45) is 0. The Balaban J connectivity index is 2.52. The molecule has 1 aromatic carbocycles. The summed E-state index contributed by atoms with van der Waals surface area (Å²) >= 11 is 1.58. The van der Waals surface area contributed by atoms with Crippen molar-refractivity contribution in [1.29, 1.82) is 0 Å². The van der Waals surface area contributed by atoms with E-state index in [1.165, 1.54) is 0 Å². The number of halogens is 1. The highest BCUT2D eigenvalue weighted by Gasteiger charge is 2.13. The van der Waals surface area contributed by atoms with Gasteiger partial charge in [0.05, 0.1) is 0 Å². The van der Waals surface area contributed by atoms with Crippen LogP contribution in [0, 0.1) is 19.7 Å². The van der Waals surface area contributed by atoms with Gasteiger partial charge in [-0.1, -0.05) is 12.1 Å². The zero-order valence-corrected chi connectivity index (χ0v) is 11.1. The average Bonchev–Trinajstić information content (AvgIpc) is 2.61. The van der Waals surface area contributed by atoms with Gasteiger partial charge in [-0.2, -0.15) is 0 Å². The Kier molecular flexibility index (Phi) is 3.31. The van der Waals surface area contributed by atoms with Crippen LogP contribution < -0.4 is 5.73 Å². The van der Waals surface area contributed by atoms with Crippen LogP contribution in [0.3, 0.4) is 0 Å². The van der Waals surface area contributed by atoms with Gasteiger partial charge in [-0.15, -0.1) is 11.3 Å². The van der Waals surface area contributed by atoms with Gasteiger partial charge in [0.15, 0.2) is 0 Å². The molecule has 0 amide bonds. The molecule has 0 bridgehead atoms. The van der Waals surface area contributed by atoms with E-state index in [4.69, 9.17) is 5.73 Å². The second-order valence-corrected chi connectivity index (χ2v) is 5.52. The number of thiophene rings is 1. The van der Waals surface area contributed by atoms with Crippen molar-refractivity contribution in [2.24, 2.45) is 5.73 Å². The predicted molar refractivity (Wildman–Crippen MR) is 71.8 cm³/mol. The van der Waals surface area contributed by atoms with Gasteiger partial charge >= 0.3 is 0 Å². The van der Waals surface area contributed by atoms with Gasteiger partial charge in [-0.05, 0) is 44.0 Å². The Labute approximate surface area is 105 Å². The largest absolute Gasteiger partial charge is 0.324 e. The highest BCUT2D eigenvalue weighted by atomic mass is 32.1. The van der Waals surface area contributed by atoms with E-state index in [9.17, 15) is 4.39 Å². The maximum Gasteiger partial charge on any atom is 0.132 e. The van der Waals surface area contributed by atoms with Crippen molar-refractivity contribution in [1.82, 2.24) is 0 Å². The number of nitrogens with two attached hydrogens (primary N) is 1. The van der Waals surface area contributed by atoms with Crippen LogP contribution in [0.25, 0.3) is 10.4 Å². The van der Waals surface area contributed by atoms with E-state index in [1.54, 1.807) is 17.4 Å². The van der Waals surface area contributed by atoms with Gasteiger partial charge in [0, 0.05) is 21.4 Å². The smallest absolute Gasteiger partial charge is 0.132 e. The Morgan fingerprint density at radius 1 is 1.24 bits per heavy atom. The molecule has 0 aliphatic rings. The van der Waals surface area contributed by atoms with Gasteiger partial charge in [0.25, 0.3) is 0 Å². The molecule has 2 N–H and O–H groups in total. The quantitative estimate of drug-likeness (QED) is 0.848. The van der Waals surface area contributed by atoms with Crippen LogP contribution in [-0.2, 0) is 0 Å². The topological polar surface area (TPSA) is 26.0 Å². The predicted octanol–water partition coefficient (Wildman–Crippen LogP) is 4.19. The molecule has 1 unspecified atom stereocenters. The fourth-order valence-corrected chi connectivity index (χ4v) is 2.96. The minimum absolute atomic E-state index is 0.000889. The van der Waals surface area contributed by atoms with E-state index in [2.05, 4.69) is 0 Å². The summed E-state index contributed by atoms with van der Waals surface area (Å²) in [5.74, 6) is -0.161. The van der Waals surface area contributed by atoms with E-state index < -0.39 is 0 Å². The first-order valence-corrected chi connectivity index (χ1v) is 6.43. The number of benzene rings is 1. The molecular weight excluding hydrogens is 233 g/mol. The van der Waals surface area contributed by atoms with E-state index in [-0.39, 0.29) is 11.9 Å². The van der Waals surface area contributed by atoms with Gasteiger partial charge in [-0.25, -0.2) is 4.39 Å². The van der Waals surface area contributed by atoms with Crippen LogP contribution in [0.15, 0.2) is 24.3 Å². The first kappa shape index (κ1) is 12.3. The monoisotopic (exact) mass is 249 g/mol. The van der Waals surface area contributed by atoms with Crippen molar-refractivity contribution in [3.05, 3.63) is 46.1 Å². The molecule has 0 saturated heterocycles. The summed E-state index contributed by atoms with van der Waals surface area (Å²) < 4.78 is 13.9. The van der Waals surface area contributed by atoms with E-state index in [0.29, 0.717) is 5.56 Å². The minimum atomic E-state index is -0.161. The van der Waals surface area contributed by atoms with Crippen LogP contribution in [0.5, 0.6) is 0 Å². The zero-order chi connectivity index (χ0) is 12.6. The van der Waals surface area contributed by atoms with Crippen molar-refractivity contribution in [2.45, 2.75) is 26.8 Å². The SMILES string of the molecule is Cc1ccc(-c2sc(C(C)N)cc2C)c(F)c1. The normalized spacial score (nSPS) is 12.8. The Hall–Kier alpha value is -1.19. The number of aryl methyl sites for hydroxylation is 2. The van der Waals surface area contributed by atoms with E-state index >= 15 is 0 Å². The molecule has 1 aromatic heterocycles. The fourth-order valence-electron chi connectivity index (χ4n) is 1.80. The summed E-state index contributed by atoms with van der Waals surface area (Å²) in [5, 5.41) is 0. The van der Waals surface area contributed by atoms with Gasteiger partial charge in [0.2, 0.25) is 0 Å². The lowest BCUT2D eigenvalue weighted by atomic mass is 10.1. The molecule has 0 saturated carbocycles. The molecule has 0 aliphatic heterocycles. The van der Waals surface area contributed by atoms with Crippen molar-refractivity contribution < 1.29 is 4.39 Å². The summed E-state index contributed by atoms with van der Waals surface area (Å²) in [5.41, 5.74) is 8.55. The fraction of sp³-hybridized carbons (Fsp3) is 0.286. The third-order valence-electron chi connectivity index (χ3n) is 2.75. The summed E-state index contributed by atoms with van der Waals surface area (Å²) in [6.45, 7) is 5.83. The first-order valence-electron chi connectivity index (χ1n) is 5.61. The van der Waals surface area contributed by atoms with Crippen LogP contribution >= 0.6 is 11.3 Å². The van der Waals surface area contributed by atoms with Gasteiger partial charge in [-0.3, -0.25) is 0 Å². The molecule has 0 aliphatic carbocycles. The molecule has 0 spiro atoms. The molecule has 2 rings (SSSR count). The Bertz CT molecular complexity index is 543. The lowest BCUT2D eigenvalue weighted by molar-refractivity contribution is 0.630. The van der Waals surface area contributed by atoms with Crippen molar-refractivity contribution in [3.8, 4) is 10.4 Å².